The smallest absolute Gasteiger partial charge is 0.103 e. The summed E-state index contributed by atoms with van der Waals surface area (Å²) in [5.41, 5.74) is 2.42. The van der Waals surface area contributed by atoms with Crippen molar-refractivity contribution in [2.75, 3.05) is 26.2 Å². The van der Waals surface area contributed by atoms with Crippen LogP contribution in [0.3, 0.4) is 0 Å². The van der Waals surface area contributed by atoms with E-state index in [9.17, 15) is 5.11 Å². The minimum Gasteiger partial charge on any atom is -1.00 e. The molecule has 2 unspecified atom stereocenters. The highest BCUT2D eigenvalue weighted by molar-refractivity contribution is 5.18. The minimum absolute atomic E-state index is 0. The lowest BCUT2D eigenvalue weighted by Gasteiger charge is -2.37. The maximum atomic E-state index is 10.6. The van der Waals surface area contributed by atoms with Crippen LogP contribution < -0.4 is 17.3 Å². The number of rotatable bonds is 5. The zero-order valence-electron chi connectivity index (χ0n) is 14.2. The van der Waals surface area contributed by atoms with Crippen LogP contribution in [0.1, 0.15) is 24.2 Å². The van der Waals surface area contributed by atoms with Gasteiger partial charge in [-0.1, -0.05) is 60.7 Å². The number of quaternary nitrogens is 1. The predicted octanol–water partition coefficient (Wildman–Crippen LogP) is -1.49. The van der Waals surface area contributed by atoms with Crippen LogP contribution in [0.25, 0.3) is 0 Å². The third-order valence-corrected chi connectivity index (χ3v) is 4.98. The molecule has 0 spiro atoms. The van der Waals surface area contributed by atoms with E-state index in [0.29, 0.717) is 0 Å². The lowest BCUT2D eigenvalue weighted by atomic mass is 10.0. The van der Waals surface area contributed by atoms with Gasteiger partial charge in [0.15, 0.2) is 0 Å². The monoisotopic (exact) mass is 346 g/mol. The summed E-state index contributed by atoms with van der Waals surface area (Å²) in [7, 11) is 0. The minimum atomic E-state index is -0.410. The summed E-state index contributed by atoms with van der Waals surface area (Å²) in [4.78, 5) is 4.06. The van der Waals surface area contributed by atoms with Crippen molar-refractivity contribution in [1.29, 1.82) is 0 Å². The van der Waals surface area contributed by atoms with Crippen LogP contribution in [0.5, 0.6) is 0 Å². The van der Waals surface area contributed by atoms with Crippen molar-refractivity contribution in [1.82, 2.24) is 4.90 Å². The first-order chi connectivity index (χ1) is 11.2. The van der Waals surface area contributed by atoms with Crippen molar-refractivity contribution >= 4 is 0 Å². The molecule has 130 valence electrons. The molecule has 0 radical (unpaired) electrons. The van der Waals surface area contributed by atoms with E-state index in [1.54, 1.807) is 4.90 Å². The average Bonchev–Trinajstić information content (AvgIpc) is 2.63. The van der Waals surface area contributed by atoms with Gasteiger partial charge in [-0.15, -0.1) is 0 Å². The molecule has 0 aliphatic carbocycles. The van der Waals surface area contributed by atoms with E-state index in [0.717, 1.165) is 38.3 Å². The van der Waals surface area contributed by atoms with Crippen molar-refractivity contribution in [2.24, 2.45) is 0 Å². The summed E-state index contributed by atoms with van der Waals surface area (Å²) in [5, 5.41) is 10.6. The first-order valence-electron chi connectivity index (χ1n) is 8.58. The maximum absolute atomic E-state index is 10.6. The molecule has 2 aromatic rings. The van der Waals surface area contributed by atoms with Gasteiger partial charge in [0.2, 0.25) is 0 Å². The highest BCUT2D eigenvalue weighted by atomic mass is 35.5. The molecule has 3 rings (SSSR count). The molecule has 1 heterocycles. The Balaban J connectivity index is 0.00000208. The number of aliphatic hydroxyl groups is 1. The molecular weight excluding hydrogens is 320 g/mol. The molecule has 3 nitrogen and oxygen atoms in total. The topological polar surface area (TPSA) is 27.9 Å². The number of piperazine rings is 1. The number of hydrogen-bond donors (Lipinski definition) is 2. The Morgan fingerprint density at radius 3 is 2.08 bits per heavy atom. The molecule has 4 heteroatoms. The Kier molecular flexibility index (Phi) is 7.25. The largest absolute Gasteiger partial charge is 1.00 e. The summed E-state index contributed by atoms with van der Waals surface area (Å²) < 4.78 is 0. The van der Waals surface area contributed by atoms with E-state index in [1.165, 1.54) is 5.56 Å². The second kappa shape index (κ2) is 9.19. The van der Waals surface area contributed by atoms with E-state index in [4.69, 9.17) is 0 Å². The normalized spacial score (nSPS) is 18.6. The summed E-state index contributed by atoms with van der Waals surface area (Å²) in [6.45, 7) is 7.62. The number of aliphatic hydroxyl groups excluding tert-OH is 1. The lowest BCUT2D eigenvalue weighted by Crippen LogP contribution is -3.13. The van der Waals surface area contributed by atoms with Gasteiger partial charge in [0.25, 0.3) is 0 Å². The quantitative estimate of drug-likeness (QED) is 0.691. The average molecular weight is 347 g/mol. The van der Waals surface area contributed by atoms with Crippen LogP contribution in [0.4, 0.5) is 0 Å². The Labute approximate surface area is 151 Å². The van der Waals surface area contributed by atoms with Gasteiger partial charge < -0.3 is 22.4 Å². The second-order valence-electron chi connectivity index (χ2n) is 6.54. The highest BCUT2D eigenvalue weighted by Gasteiger charge is 2.28. The fourth-order valence-electron chi connectivity index (χ4n) is 3.44. The van der Waals surface area contributed by atoms with Gasteiger partial charge in [0, 0.05) is 24.7 Å². The Morgan fingerprint density at radius 1 is 0.958 bits per heavy atom. The van der Waals surface area contributed by atoms with Gasteiger partial charge in [-0.3, -0.25) is 4.90 Å². The molecule has 1 aliphatic rings. The third-order valence-electron chi connectivity index (χ3n) is 4.98. The number of nitrogens with zero attached hydrogens (tertiary/aromatic N) is 1. The van der Waals surface area contributed by atoms with E-state index in [2.05, 4.69) is 42.2 Å². The van der Waals surface area contributed by atoms with Crippen LogP contribution >= 0.6 is 0 Å². The van der Waals surface area contributed by atoms with E-state index in [1.807, 2.05) is 30.3 Å². The maximum Gasteiger partial charge on any atom is 0.103 e. The Bertz CT molecular complexity index is 585. The van der Waals surface area contributed by atoms with Crippen molar-refractivity contribution < 1.29 is 22.4 Å². The first kappa shape index (κ1) is 18.9. The Hall–Kier alpha value is -1.39. The van der Waals surface area contributed by atoms with Crippen LogP contribution in [-0.4, -0.2) is 42.2 Å². The summed E-state index contributed by atoms with van der Waals surface area (Å²) in [5.74, 6) is 0. The number of hydrogen-bond acceptors (Lipinski definition) is 2. The zero-order valence-corrected chi connectivity index (χ0v) is 15.0. The SMILES string of the molecule is CC(C(O)c1ccccc1)N1CC[NH+](Cc2ccccc2)CC1.[Cl-]. The molecule has 0 saturated carbocycles. The molecule has 0 amide bonds. The van der Waals surface area contributed by atoms with Gasteiger partial charge in [-0.2, -0.15) is 0 Å². The molecule has 2 aromatic carbocycles. The summed E-state index contributed by atoms with van der Waals surface area (Å²) in [6.07, 6.45) is -0.410. The molecular formula is C20H27ClN2O. The number of nitrogens with one attached hydrogen (secondary N) is 1. The fraction of sp³-hybridized carbons (Fsp3) is 0.400. The second-order valence-corrected chi connectivity index (χ2v) is 6.54. The van der Waals surface area contributed by atoms with Crippen molar-refractivity contribution in [3.05, 3.63) is 71.8 Å². The van der Waals surface area contributed by atoms with Crippen molar-refractivity contribution in [2.45, 2.75) is 25.6 Å². The number of halogens is 1. The molecule has 1 aliphatic heterocycles. The fourth-order valence-corrected chi connectivity index (χ4v) is 3.44. The zero-order chi connectivity index (χ0) is 16.1. The molecule has 0 bridgehead atoms. The van der Waals surface area contributed by atoms with Crippen LogP contribution in [0, 0.1) is 0 Å². The van der Waals surface area contributed by atoms with Crippen LogP contribution in [-0.2, 0) is 6.54 Å². The molecule has 2 atom stereocenters. The standard InChI is InChI=1S/C20H26N2O.ClH/c1-17(20(23)19-10-6-3-7-11-19)22-14-12-21(13-15-22)16-18-8-4-2-5-9-18;/h2-11,17,20,23H,12-16H2,1H3;1H. The molecule has 1 saturated heterocycles. The first-order valence-corrected chi connectivity index (χ1v) is 8.58. The summed E-state index contributed by atoms with van der Waals surface area (Å²) in [6, 6.07) is 20.9. The van der Waals surface area contributed by atoms with E-state index >= 15 is 0 Å². The van der Waals surface area contributed by atoms with Gasteiger partial charge in [-0.25, -0.2) is 0 Å². The molecule has 24 heavy (non-hydrogen) atoms. The van der Waals surface area contributed by atoms with Gasteiger partial charge in [0.05, 0.1) is 19.2 Å². The van der Waals surface area contributed by atoms with Crippen LogP contribution in [0.2, 0.25) is 0 Å². The molecule has 2 N–H and O–H groups in total. The highest BCUT2D eigenvalue weighted by Crippen LogP contribution is 2.20. The number of benzene rings is 2. The Morgan fingerprint density at radius 2 is 1.50 bits per heavy atom. The van der Waals surface area contributed by atoms with Crippen molar-refractivity contribution in [3.8, 4) is 0 Å². The summed E-state index contributed by atoms with van der Waals surface area (Å²) >= 11 is 0. The van der Waals surface area contributed by atoms with E-state index in [-0.39, 0.29) is 18.4 Å². The van der Waals surface area contributed by atoms with Gasteiger partial charge in [-0.05, 0) is 12.5 Å². The van der Waals surface area contributed by atoms with Crippen LogP contribution in [0.15, 0.2) is 60.7 Å². The molecule has 0 aromatic heterocycles. The van der Waals surface area contributed by atoms with Gasteiger partial charge in [0.1, 0.15) is 6.54 Å². The van der Waals surface area contributed by atoms with Gasteiger partial charge >= 0.3 is 0 Å². The predicted molar refractivity (Wildman–Crippen MR) is 93.3 cm³/mol. The van der Waals surface area contributed by atoms with Crippen molar-refractivity contribution in [3.63, 3.8) is 0 Å². The lowest BCUT2D eigenvalue weighted by molar-refractivity contribution is -0.918. The third kappa shape index (κ3) is 4.81. The molecule has 1 fully saturated rings. The van der Waals surface area contributed by atoms with E-state index < -0.39 is 6.10 Å².